The van der Waals surface area contributed by atoms with Gasteiger partial charge in [-0.3, -0.25) is 9.59 Å². The van der Waals surface area contributed by atoms with Crippen molar-refractivity contribution in [2.75, 3.05) is 13.2 Å². The van der Waals surface area contributed by atoms with Gasteiger partial charge in [0.25, 0.3) is 5.91 Å². The number of ether oxygens (including phenoxy) is 1. The lowest BCUT2D eigenvalue weighted by atomic mass is 10.0. The van der Waals surface area contributed by atoms with Crippen LogP contribution in [-0.4, -0.2) is 35.9 Å². The first-order chi connectivity index (χ1) is 16.4. The van der Waals surface area contributed by atoms with Gasteiger partial charge in [0.05, 0.1) is 0 Å². The average Bonchev–Trinajstić information content (AvgIpc) is 2.81. The molecule has 0 aliphatic heterocycles. The fourth-order valence-electron chi connectivity index (χ4n) is 3.88. The fourth-order valence-corrected chi connectivity index (χ4v) is 4.00. The molecule has 6 heteroatoms. The van der Waals surface area contributed by atoms with E-state index in [-0.39, 0.29) is 25.0 Å². The lowest BCUT2D eigenvalue weighted by Crippen LogP contribution is -2.51. The molecule has 3 aromatic carbocycles. The molecule has 3 aromatic rings. The highest BCUT2D eigenvalue weighted by molar-refractivity contribution is 6.30. The average molecular weight is 479 g/mol. The van der Waals surface area contributed by atoms with Crippen molar-refractivity contribution in [3.63, 3.8) is 0 Å². The molecule has 0 bridgehead atoms. The Morgan fingerprint density at radius 1 is 0.941 bits per heavy atom. The predicted molar refractivity (Wildman–Crippen MR) is 136 cm³/mol. The zero-order valence-electron chi connectivity index (χ0n) is 19.9. The predicted octanol–water partition coefficient (Wildman–Crippen LogP) is 5.11. The van der Waals surface area contributed by atoms with Gasteiger partial charge in [0.15, 0.2) is 6.61 Å². The summed E-state index contributed by atoms with van der Waals surface area (Å²) in [5, 5.41) is 3.51. The third-order valence-corrected chi connectivity index (χ3v) is 5.70. The van der Waals surface area contributed by atoms with Crippen molar-refractivity contribution in [3.05, 3.63) is 100 Å². The van der Waals surface area contributed by atoms with Crippen LogP contribution in [0.2, 0.25) is 5.02 Å². The van der Waals surface area contributed by atoms with Crippen LogP contribution in [0, 0.1) is 13.8 Å². The molecule has 5 nitrogen and oxygen atoms in total. The van der Waals surface area contributed by atoms with Gasteiger partial charge >= 0.3 is 0 Å². The molecule has 0 aromatic heterocycles. The molecule has 2 amide bonds. The topological polar surface area (TPSA) is 58.6 Å². The molecular weight excluding hydrogens is 448 g/mol. The standard InChI is InChI=1S/C28H31ClN2O3/c1-4-30-28(33)26(17-22-8-6-5-7-9-22)31(18-23-10-12-24(29)13-11-23)27(32)19-34-25-15-20(2)14-21(3)16-25/h5-16,26H,4,17-19H2,1-3H3,(H,30,33). The minimum Gasteiger partial charge on any atom is -0.484 e. The molecule has 0 saturated carbocycles. The van der Waals surface area contributed by atoms with E-state index < -0.39 is 6.04 Å². The molecule has 0 radical (unpaired) electrons. The van der Waals surface area contributed by atoms with Gasteiger partial charge in [0.1, 0.15) is 11.8 Å². The van der Waals surface area contributed by atoms with E-state index in [1.165, 1.54) is 0 Å². The van der Waals surface area contributed by atoms with Crippen molar-refractivity contribution in [1.82, 2.24) is 10.2 Å². The molecule has 0 aliphatic carbocycles. The van der Waals surface area contributed by atoms with Gasteiger partial charge in [-0.25, -0.2) is 0 Å². The lowest BCUT2D eigenvalue weighted by molar-refractivity contribution is -0.142. The molecular formula is C28H31ClN2O3. The molecule has 1 N–H and O–H groups in total. The summed E-state index contributed by atoms with van der Waals surface area (Å²) in [6.45, 7) is 6.42. The Labute approximate surface area is 206 Å². The van der Waals surface area contributed by atoms with Gasteiger partial charge in [-0.1, -0.05) is 60.1 Å². The quantitative estimate of drug-likeness (QED) is 0.440. The van der Waals surface area contributed by atoms with Gasteiger partial charge in [-0.05, 0) is 67.3 Å². The Morgan fingerprint density at radius 3 is 2.21 bits per heavy atom. The van der Waals surface area contributed by atoms with E-state index in [1.807, 2.05) is 81.4 Å². The van der Waals surface area contributed by atoms with Crippen LogP contribution in [0.15, 0.2) is 72.8 Å². The summed E-state index contributed by atoms with van der Waals surface area (Å²) in [7, 11) is 0. The highest BCUT2D eigenvalue weighted by atomic mass is 35.5. The third-order valence-electron chi connectivity index (χ3n) is 5.45. The SMILES string of the molecule is CCNC(=O)C(Cc1ccccc1)N(Cc1ccc(Cl)cc1)C(=O)COc1cc(C)cc(C)c1. The van der Waals surface area contributed by atoms with Crippen LogP contribution < -0.4 is 10.1 Å². The van der Waals surface area contributed by atoms with Crippen LogP contribution in [0.3, 0.4) is 0 Å². The molecule has 0 heterocycles. The Kier molecular flexibility index (Phi) is 9.11. The van der Waals surface area contributed by atoms with E-state index in [2.05, 4.69) is 5.32 Å². The Morgan fingerprint density at radius 2 is 1.59 bits per heavy atom. The van der Waals surface area contributed by atoms with Gasteiger partial charge in [0.2, 0.25) is 5.91 Å². The summed E-state index contributed by atoms with van der Waals surface area (Å²) >= 11 is 6.05. The molecule has 178 valence electrons. The first kappa shape index (κ1) is 25.3. The normalized spacial score (nSPS) is 11.5. The molecule has 3 rings (SSSR count). The van der Waals surface area contributed by atoms with E-state index in [0.29, 0.717) is 23.7 Å². The number of rotatable bonds is 10. The van der Waals surface area contributed by atoms with Crippen LogP contribution in [0.4, 0.5) is 0 Å². The number of nitrogens with zero attached hydrogens (tertiary/aromatic N) is 1. The van der Waals surface area contributed by atoms with Crippen LogP contribution >= 0.6 is 11.6 Å². The van der Waals surface area contributed by atoms with E-state index in [4.69, 9.17) is 16.3 Å². The molecule has 34 heavy (non-hydrogen) atoms. The smallest absolute Gasteiger partial charge is 0.261 e. The minimum absolute atomic E-state index is 0.165. The van der Waals surface area contributed by atoms with Crippen molar-refractivity contribution in [1.29, 1.82) is 0 Å². The summed E-state index contributed by atoms with van der Waals surface area (Å²) in [6, 6.07) is 22.2. The maximum atomic E-state index is 13.5. The maximum absolute atomic E-state index is 13.5. The number of carbonyl (C=O) groups excluding carboxylic acids is 2. The van der Waals surface area contributed by atoms with Gasteiger partial charge < -0.3 is 15.0 Å². The second-order valence-corrected chi connectivity index (χ2v) is 8.80. The van der Waals surface area contributed by atoms with Crippen LogP contribution in [0.1, 0.15) is 29.2 Å². The zero-order chi connectivity index (χ0) is 24.5. The number of hydrogen-bond donors (Lipinski definition) is 1. The number of likely N-dealkylation sites (N-methyl/N-ethyl adjacent to an activating group) is 1. The largest absolute Gasteiger partial charge is 0.484 e. The Bertz CT molecular complexity index is 1080. The third kappa shape index (κ3) is 7.35. The Balaban J connectivity index is 1.89. The molecule has 1 unspecified atom stereocenters. The second-order valence-electron chi connectivity index (χ2n) is 8.36. The number of amides is 2. The van der Waals surface area contributed by atoms with E-state index in [0.717, 1.165) is 22.3 Å². The van der Waals surface area contributed by atoms with Crippen LogP contribution in [0.25, 0.3) is 0 Å². The highest BCUT2D eigenvalue weighted by Gasteiger charge is 2.30. The summed E-state index contributed by atoms with van der Waals surface area (Å²) in [4.78, 5) is 28.2. The van der Waals surface area contributed by atoms with Crippen LogP contribution in [0.5, 0.6) is 5.75 Å². The summed E-state index contributed by atoms with van der Waals surface area (Å²) in [6.07, 6.45) is 0.398. The Hall–Kier alpha value is -3.31. The summed E-state index contributed by atoms with van der Waals surface area (Å²) in [5.41, 5.74) is 3.98. The van der Waals surface area contributed by atoms with Crippen molar-refractivity contribution in [2.24, 2.45) is 0 Å². The lowest BCUT2D eigenvalue weighted by Gasteiger charge is -2.31. The highest BCUT2D eigenvalue weighted by Crippen LogP contribution is 2.19. The van der Waals surface area contributed by atoms with E-state index in [1.54, 1.807) is 17.0 Å². The number of hydrogen-bond acceptors (Lipinski definition) is 3. The summed E-state index contributed by atoms with van der Waals surface area (Å²) < 4.78 is 5.86. The van der Waals surface area contributed by atoms with Crippen molar-refractivity contribution < 1.29 is 14.3 Å². The maximum Gasteiger partial charge on any atom is 0.261 e. The molecule has 0 saturated heterocycles. The van der Waals surface area contributed by atoms with E-state index in [9.17, 15) is 9.59 Å². The van der Waals surface area contributed by atoms with Gasteiger partial charge in [0, 0.05) is 24.5 Å². The minimum atomic E-state index is -0.687. The van der Waals surface area contributed by atoms with Crippen molar-refractivity contribution in [3.8, 4) is 5.75 Å². The monoisotopic (exact) mass is 478 g/mol. The summed E-state index contributed by atoms with van der Waals surface area (Å²) in [5.74, 6) is 0.177. The number of carbonyl (C=O) groups is 2. The number of aryl methyl sites for hydroxylation is 2. The second kappa shape index (κ2) is 12.2. The van der Waals surface area contributed by atoms with Crippen molar-refractivity contribution in [2.45, 2.75) is 39.8 Å². The van der Waals surface area contributed by atoms with Crippen molar-refractivity contribution >= 4 is 23.4 Å². The van der Waals surface area contributed by atoms with Gasteiger partial charge in [-0.15, -0.1) is 0 Å². The zero-order valence-corrected chi connectivity index (χ0v) is 20.6. The molecule has 0 aliphatic rings. The molecule has 0 spiro atoms. The fraction of sp³-hybridized carbons (Fsp3) is 0.286. The first-order valence-electron chi connectivity index (χ1n) is 11.4. The van der Waals surface area contributed by atoms with Gasteiger partial charge in [-0.2, -0.15) is 0 Å². The number of benzene rings is 3. The number of halogens is 1. The van der Waals surface area contributed by atoms with E-state index >= 15 is 0 Å². The molecule has 0 fully saturated rings. The number of nitrogens with one attached hydrogen (secondary N) is 1. The van der Waals surface area contributed by atoms with Crippen LogP contribution in [-0.2, 0) is 22.6 Å². The molecule has 1 atom stereocenters. The first-order valence-corrected chi connectivity index (χ1v) is 11.8.